The fourth-order valence-corrected chi connectivity index (χ4v) is 5.10. The molecule has 0 unspecified atom stereocenters. The van der Waals surface area contributed by atoms with E-state index in [2.05, 4.69) is 40.2 Å². The van der Waals surface area contributed by atoms with E-state index in [1.807, 2.05) is 10.7 Å². The molecule has 0 radical (unpaired) electrons. The van der Waals surface area contributed by atoms with Crippen molar-refractivity contribution in [3.05, 3.63) is 30.5 Å². The highest BCUT2D eigenvalue weighted by atomic mass is 16.3. The Labute approximate surface area is 190 Å². The predicted octanol–water partition coefficient (Wildman–Crippen LogP) is 3.06. The highest BCUT2D eigenvalue weighted by Gasteiger charge is 2.26. The molecule has 0 bridgehead atoms. The van der Waals surface area contributed by atoms with Crippen LogP contribution in [0.2, 0.25) is 0 Å². The molecule has 0 aromatic carbocycles. The average Bonchev–Trinajstić information content (AvgIpc) is 3.24. The Balaban J connectivity index is 1.56. The zero-order valence-corrected chi connectivity index (χ0v) is 19.1. The van der Waals surface area contributed by atoms with Gasteiger partial charge in [-0.3, -0.25) is 4.79 Å². The summed E-state index contributed by atoms with van der Waals surface area (Å²) in [5.74, 6) is 1.85. The third-order valence-corrected chi connectivity index (χ3v) is 6.91. The first kappa shape index (κ1) is 22.6. The van der Waals surface area contributed by atoms with E-state index in [9.17, 15) is 9.90 Å². The van der Waals surface area contributed by atoms with Crippen molar-refractivity contribution in [3.63, 3.8) is 0 Å². The van der Waals surface area contributed by atoms with E-state index in [0.717, 1.165) is 80.8 Å². The summed E-state index contributed by atoms with van der Waals surface area (Å²) in [6.45, 7) is 6.84. The molecular formula is C24H36N6O2. The molecule has 0 spiro atoms. The molecule has 4 rings (SSSR count). The van der Waals surface area contributed by atoms with Gasteiger partial charge < -0.3 is 20.6 Å². The van der Waals surface area contributed by atoms with Gasteiger partial charge in [0.15, 0.2) is 5.65 Å². The zero-order chi connectivity index (χ0) is 22.5. The van der Waals surface area contributed by atoms with Crippen molar-refractivity contribution < 1.29 is 9.90 Å². The van der Waals surface area contributed by atoms with E-state index < -0.39 is 0 Å². The van der Waals surface area contributed by atoms with Crippen LogP contribution >= 0.6 is 0 Å². The second-order valence-corrected chi connectivity index (χ2v) is 9.02. The van der Waals surface area contributed by atoms with E-state index in [-0.39, 0.29) is 18.6 Å². The van der Waals surface area contributed by atoms with Crippen LogP contribution in [0.5, 0.6) is 0 Å². The highest BCUT2D eigenvalue weighted by Crippen LogP contribution is 2.30. The summed E-state index contributed by atoms with van der Waals surface area (Å²) in [7, 11) is 0. The first-order chi connectivity index (χ1) is 15.6. The lowest BCUT2D eigenvalue weighted by molar-refractivity contribution is -0.117. The number of amides is 1. The quantitative estimate of drug-likeness (QED) is 0.546. The van der Waals surface area contributed by atoms with Crippen LogP contribution in [0, 0.1) is 0 Å². The van der Waals surface area contributed by atoms with Crippen molar-refractivity contribution in [2.75, 3.05) is 23.4 Å². The van der Waals surface area contributed by atoms with Gasteiger partial charge in [0.05, 0.1) is 6.20 Å². The fraction of sp³-hybridized carbons (Fsp3) is 0.625. The Morgan fingerprint density at radius 1 is 1.25 bits per heavy atom. The summed E-state index contributed by atoms with van der Waals surface area (Å²) in [4.78, 5) is 19.0. The van der Waals surface area contributed by atoms with Crippen molar-refractivity contribution in [1.29, 1.82) is 0 Å². The molecule has 8 heteroatoms. The van der Waals surface area contributed by atoms with Crippen LogP contribution in [0.3, 0.4) is 0 Å². The monoisotopic (exact) mass is 440 g/mol. The van der Waals surface area contributed by atoms with Crippen LogP contribution in [-0.2, 0) is 11.2 Å². The van der Waals surface area contributed by atoms with E-state index in [1.165, 1.54) is 12.5 Å². The number of aromatic nitrogens is 3. The van der Waals surface area contributed by atoms with Gasteiger partial charge in [0.25, 0.3) is 0 Å². The standard InChI is InChI=1S/C24H36N6O2/c1-3-17-16-25-30-22(26-18-8-10-19(11-9-18)27-23(32)4-2)15-21(28-24(17)30)29-13-6-5-7-20(29)12-14-31/h4,15-16,18-20,26,31H,2-3,5-14H2,1H3,(H,27,32)/t18-,19+,20-/m0/s1. The van der Waals surface area contributed by atoms with Crippen molar-refractivity contribution in [2.45, 2.75) is 82.8 Å². The summed E-state index contributed by atoms with van der Waals surface area (Å²) in [5, 5.41) is 20.9. The van der Waals surface area contributed by atoms with Crippen molar-refractivity contribution in [1.82, 2.24) is 19.9 Å². The van der Waals surface area contributed by atoms with E-state index in [4.69, 9.17) is 4.98 Å². The molecule has 8 nitrogen and oxygen atoms in total. The number of carbonyl (C=O) groups excluding carboxylic acids is 1. The number of aliphatic hydroxyl groups is 1. The predicted molar refractivity (Wildman–Crippen MR) is 127 cm³/mol. The topological polar surface area (TPSA) is 94.8 Å². The van der Waals surface area contributed by atoms with Gasteiger partial charge in [-0.2, -0.15) is 9.61 Å². The van der Waals surface area contributed by atoms with Gasteiger partial charge >= 0.3 is 0 Å². The number of piperidine rings is 1. The number of hydrogen-bond acceptors (Lipinski definition) is 6. The van der Waals surface area contributed by atoms with E-state index in [0.29, 0.717) is 12.1 Å². The van der Waals surface area contributed by atoms with Gasteiger partial charge in [-0.15, -0.1) is 0 Å². The summed E-state index contributed by atoms with van der Waals surface area (Å²) >= 11 is 0. The summed E-state index contributed by atoms with van der Waals surface area (Å²) in [6, 6.07) is 3.00. The highest BCUT2D eigenvalue weighted by molar-refractivity contribution is 5.87. The summed E-state index contributed by atoms with van der Waals surface area (Å²) in [5.41, 5.74) is 2.05. The van der Waals surface area contributed by atoms with Gasteiger partial charge in [0.2, 0.25) is 5.91 Å². The van der Waals surface area contributed by atoms with Gasteiger partial charge in [0, 0.05) is 42.9 Å². The molecule has 1 aliphatic heterocycles. The number of rotatable bonds is 8. The van der Waals surface area contributed by atoms with Gasteiger partial charge in [-0.05, 0) is 63.9 Å². The number of aryl methyl sites for hydroxylation is 1. The van der Waals surface area contributed by atoms with Crippen LogP contribution in [-0.4, -0.2) is 56.9 Å². The van der Waals surface area contributed by atoms with Gasteiger partial charge in [-0.1, -0.05) is 13.5 Å². The molecule has 1 saturated carbocycles. The smallest absolute Gasteiger partial charge is 0.243 e. The van der Waals surface area contributed by atoms with Crippen LogP contribution < -0.4 is 15.5 Å². The van der Waals surface area contributed by atoms with Crippen LogP contribution in [0.15, 0.2) is 24.9 Å². The Kier molecular flexibility index (Phi) is 7.29. The molecular weight excluding hydrogens is 404 g/mol. The van der Waals surface area contributed by atoms with Crippen LogP contribution in [0.1, 0.15) is 63.9 Å². The van der Waals surface area contributed by atoms with Gasteiger partial charge in [0.1, 0.15) is 11.6 Å². The minimum Gasteiger partial charge on any atom is -0.396 e. The lowest BCUT2D eigenvalue weighted by Crippen LogP contribution is -2.41. The summed E-state index contributed by atoms with van der Waals surface area (Å²) < 4.78 is 1.93. The number of aliphatic hydroxyl groups excluding tert-OH is 1. The summed E-state index contributed by atoms with van der Waals surface area (Å²) in [6.07, 6.45) is 12.2. The number of fused-ring (bicyclic) bond motifs is 1. The van der Waals surface area contributed by atoms with Gasteiger partial charge in [-0.25, -0.2) is 4.98 Å². The van der Waals surface area contributed by atoms with Crippen LogP contribution in [0.4, 0.5) is 11.6 Å². The molecule has 2 fully saturated rings. The Morgan fingerprint density at radius 3 is 2.75 bits per heavy atom. The zero-order valence-electron chi connectivity index (χ0n) is 19.1. The molecule has 2 aliphatic rings. The molecule has 2 aromatic rings. The number of nitrogens with zero attached hydrogens (tertiary/aromatic N) is 4. The number of nitrogens with one attached hydrogen (secondary N) is 2. The number of anilines is 2. The maximum atomic E-state index is 11.6. The molecule has 174 valence electrons. The molecule has 3 N–H and O–H groups in total. The second-order valence-electron chi connectivity index (χ2n) is 9.02. The SMILES string of the molecule is C=CC(=O)N[C@H]1CC[C@@H](Nc2cc(N3CCCC[C@H]3CCO)nc3c(CC)cnn23)CC1. The molecule has 1 atom stereocenters. The Hall–Kier alpha value is -2.61. The minimum atomic E-state index is -0.0931. The number of carbonyl (C=O) groups is 1. The van der Waals surface area contributed by atoms with E-state index in [1.54, 1.807) is 0 Å². The molecule has 2 aromatic heterocycles. The Bertz CT molecular complexity index is 932. The molecule has 1 amide bonds. The lowest BCUT2D eigenvalue weighted by Gasteiger charge is -2.37. The van der Waals surface area contributed by atoms with Crippen molar-refractivity contribution in [2.24, 2.45) is 0 Å². The minimum absolute atomic E-state index is 0.0931. The van der Waals surface area contributed by atoms with Crippen molar-refractivity contribution >= 4 is 23.2 Å². The molecule has 3 heterocycles. The average molecular weight is 441 g/mol. The largest absolute Gasteiger partial charge is 0.396 e. The first-order valence-electron chi connectivity index (χ1n) is 12.1. The van der Waals surface area contributed by atoms with Crippen LogP contribution in [0.25, 0.3) is 5.65 Å². The molecule has 32 heavy (non-hydrogen) atoms. The fourth-order valence-electron chi connectivity index (χ4n) is 5.10. The maximum absolute atomic E-state index is 11.6. The Morgan fingerprint density at radius 2 is 2.03 bits per heavy atom. The molecule has 1 saturated heterocycles. The molecule has 1 aliphatic carbocycles. The maximum Gasteiger partial charge on any atom is 0.243 e. The normalized spacial score (nSPS) is 23.8. The van der Waals surface area contributed by atoms with Crippen molar-refractivity contribution in [3.8, 4) is 0 Å². The van der Waals surface area contributed by atoms with E-state index >= 15 is 0 Å². The number of hydrogen-bond donors (Lipinski definition) is 3. The first-order valence-corrected chi connectivity index (χ1v) is 12.1. The second kappa shape index (κ2) is 10.3. The third kappa shape index (κ3) is 4.90. The third-order valence-electron chi connectivity index (χ3n) is 6.91. The lowest BCUT2D eigenvalue weighted by atomic mass is 9.91.